The number of nitrogens with one attached hydrogen (secondary N) is 2. The van der Waals surface area contributed by atoms with Gasteiger partial charge < -0.3 is 10.4 Å². The van der Waals surface area contributed by atoms with E-state index in [1.54, 1.807) is 0 Å². The molecule has 3 N–H and O–H groups in total. The summed E-state index contributed by atoms with van der Waals surface area (Å²) in [5, 5.41) is 23.6. The van der Waals surface area contributed by atoms with Crippen LogP contribution in [0.25, 0.3) is 0 Å². The Morgan fingerprint density at radius 1 is 1.38 bits per heavy atom. The Kier molecular flexibility index (Phi) is 4.76. The molecule has 116 valence electrons. The highest BCUT2D eigenvalue weighted by atomic mass is 32.1. The number of nitrogens with zero attached hydrogens (tertiary/aromatic N) is 2. The first kappa shape index (κ1) is 15.7. The summed E-state index contributed by atoms with van der Waals surface area (Å²) >= 11 is 1.34. The number of rotatable bonds is 6. The van der Waals surface area contributed by atoms with Crippen molar-refractivity contribution in [3.8, 4) is 0 Å². The maximum Gasteiger partial charge on any atom is 0.321 e. The van der Waals surface area contributed by atoms with Crippen LogP contribution in [0.1, 0.15) is 38.1 Å². The zero-order chi connectivity index (χ0) is 15.5. The minimum Gasteiger partial charge on any atom is -0.481 e. The van der Waals surface area contributed by atoms with E-state index < -0.39 is 17.4 Å². The van der Waals surface area contributed by atoms with Gasteiger partial charge in [0.05, 0.1) is 5.41 Å². The summed E-state index contributed by atoms with van der Waals surface area (Å²) in [5.41, 5.74) is -0.790. The van der Waals surface area contributed by atoms with E-state index in [9.17, 15) is 14.7 Å². The highest BCUT2D eigenvalue weighted by Crippen LogP contribution is 2.40. The Labute approximate surface area is 127 Å². The highest BCUT2D eigenvalue weighted by molar-refractivity contribution is 7.15. The first-order valence-electron chi connectivity index (χ1n) is 7.02. The minimum absolute atomic E-state index is 0.145. The highest BCUT2D eigenvalue weighted by Gasteiger charge is 2.44. The molecule has 1 fully saturated rings. The van der Waals surface area contributed by atoms with Crippen LogP contribution in [0.4, 0.5) is 9.93 Å². The molecule has 7 nitrogen and oxygen atoms in total. The zero-order valence-corrected chi connectivity index (χ0v) is 13.0. The van der Waals surface area contributed by atoms with Gasteiger partial charge in [0, 0.05) is 13.0 Å². The van der Waals surface area contributed by atoms with E-state index in [1.807, 2.05) is 0 Å². The molecule has 1 heterocycles. The summed E-state index contributed by atoms with van der Waals surface area (Å²) in [6, 6.07) is -0.435. The molecule has 1 aliphatic carbocycles. The molecule has 21 heavy (non-hydrogen) atoms. The van der Waals surface area contributed by atoms with Crippen LogP contribution in [0.3, 0.4) is 0 Å². The predicted octanol–water partition coefficient (Wildman–Crippen LogP) is 2.11. The molecule has 1 aromatic heterocycles. The van der Waals surface area contributed by atoms with Crippen molar-refractivity contribution < 1.29 is 14.7 Å². The maximum atomic E-state index is 11.8. The molecule has 0 radical (unpaired) electrons. The lowest BCUT2D eigenvalue weighted by Crippen LogP contribution is -2.48. The van der Waals surface area contributed by atoms with Crippen molar-refractivity contribution in [3.63, 3.8) is 0 Å². The van der Waals surface area contributed by atoms with Gasteiger partial charge in [0.2, 0.25) is 5.13 Å². The van der Waals surface area contributed by atoms with Crippen LogP contribution >= 0.6 is 11.3 Å². The van der Waals surface area contributed by atoms with Gasteiger partial charge in [-0.25, -0.2) is 4.79 Å². The number of hydrogen-bond donors (Lipinski definition) is 3. The van der Waals surface area contributed by atoms with Crippen molar-refractivity contribution in [2.24, 2.45) is 11.3 Å². The molecule has 1 aromatic rings. The molecule has 2 amide bonds. The quantitative estimate of drug-likeness (QED) is 0.746. The smallest absolute Gasteiger partial charge is 0.321 e. The Morgan fingerprint density at radius 2 is 2.10 bits per heavy atom. The summed E-state index contributed by atoms with van der Waals surface area (Å²) in [5.74, 6) is -0.363. The Hall–Kier alpha value is -1.70. The predicted molar refractivity (Wildman–Crippen MR) is 79.4 cm³/mol. The lowest BCUT2D eigenvalue weighted by atomic mass is 9.69. The van der Waals surface area contributed by atoms with Gasteiger partial charge in [0.15, 0.2) is 0 Å². The van der Waals surface area contributed by atoms with E-state index in [0.717, 1.165) is 17.8 Å². The number of urea groups is 1. The van der Waals surface area contributed by atoms with Crippen molar-refractivity contribution in [2.45, 2.75) is 39.5 Å². The number of carbonyl (C=O) groups is 2. The van der Waals surface area contributed by atoms with Gasteiger partial charge in [-0.2, -0.15) is 0 Å². The standard InChI is InChI=1S/C13H20N4O3S/c1-8(2)6-9-16-17-12(21-9)15-11(20)14-7-13(10(18)19)4-3-5-13/h8H,3-7H2,1-2H3,(H,18,19)(H2,14,15,17,20). The summed E-state index contributed by atoms with van der Waals surface area (Å²) < 4.78 is 0. The molecule has 1 aliphatic rings. The molecule has 0 atom stereocenters. The minimum atomic E-state index is -0.843. The second-order valence-electron chi connectivity index (χ2n) is 5.85. The van der Waals surface area contributed by atoms with Gasteiger partial charge in [-0.05, 0) is 18.8 Å². The van der Waals surface area contributed by atoms with E-state index in [1.165, 1.54) is 11.3 Å². The average Bonchev–Trinajstić information content (AvgIpc) is 2.73. The zero-order valence-electron chi connectivity index (χ0n) is 12.2. The average molecular weight is 312 g/mol. The third-order valence-corrected chi connectivity index (χ3v) is 4.48. The number of carboxylic acids is 1. The Morgan fingerprint density at radius 3 is 2.62 bits per heavy atom. The molecule has 1 saturated carbocycles. The fraction of sp³-hybridized carbons (Fsp3) is 0.692. The van der Waals surface area contributed by atoms with Crippen LogP contribution in [0.2, 0.25) is 0 Å². The molecule has 2 rings (SSSR count). The number of aromatic nitrogens is 2. The van der Waals surface area contributed by atoms with E-state index >= 15 is 0 Å². The molecule has 0 aliphatic heterocycles. The molecule has 0 bridgehead atoms. The number of anilines is 1. The van der Waals surface area contributed by atoms with Gasteiger partial charge in [-0.1, -0.05) is 31.6 Å². The number of hydrogen-bond acceptors (Lipinski definition) is 5. The summed E-state index contributed by atoms with van der Waals surface area (Å²) in [6.07, 6.45) is 2.94. The number of carbonyl (C=O) groups excluding carboxylic acids is 1. The summed E-state index contributed by atoms with van der Waals surface area (Å²) in [7, 11) is 0. The maximum absolute atomic E-state index is 11.8. The van der Waals surface area contributed by atoms with E-state index in [2.05, 4.69) is 34.7 Å². The molecule has 0 saturated heterocycles. The third kappa shape index (κ3) is 3.90. The van der Waals surface area contributed by atoms with Crippen molar-refractivity contribution in [2.75, 3.05) is 11.9 Å². The van der Waals surface area contributed by atoms with Gasteiger partial charge in [-0.15, -0.1) is 10.2 Å². The molecular formula is C13H20N4O3S. The van der Waals surface area contributed by atoms with Crippen molar-refractivity contribution >= 4 is 28.5 Å². The summed E-state index contributed by atoms with van der Waals surface area (Å²) in [4.78, 5) is 23.0. The third-order valence-electron chi connectivity index (χ3n) is 3.62. The van der Waals surface area contributed by atoms with Crippen molar-refractivity contribution in [1.29, 1.82) is 0 Å². The normalized spacial score (nSPS) is 16.3. The monoisotopic (exact) mass is 312 g/mol. The van der Waals surface area contributed by atoms with Gasteiger partial charge in [-0.3, -0.25) is 10.1 Å². The van der Waals surface area contributed by atoms with Crippen molar-refractivity contribution in [1.82, 2.24) is 15.5 Å². The second kappa shape index (κ2) is 6.38. The molecular weight excluding hydrogens is 292 g/mol. The fourth-order valence-corrected chi connectivity index (χ4v) is 3.14. The van der Waals surface area contributed by atoms with Gasteiger partial charge in [0.1, 0.15) is 5.01 Å². The van der Waals surface area contributed by atoms with Crippen LogP contribution < -0.4 is 10.6 Å². The number of amides is 2. The van der Waals surface area contributed by atoms with Gasteiger partial charge in [0.25, 0.3) is 0 Å². The number of carboxylic acid groups (broad SMARTS) is 1. The number of aliphatic carboxylic acids is 1. The lowest BCUT2D eigenvalue weighted by Gasteiger charge is -2.37. The van der Waals surface area contributed by atoms with Crippen LogP contribution in [0.5, 0.6) is 0 Å². The Bertz CT molecular complexity index is 525. The lowest BCUT2D eigenvalue weighted by molar-refractivity contribution is -0.153. The van der Waals surface area contributed by atoms with E-state index in [0.29, 0.717) is 23.9 Å². The van der Waals surface area contributed by atoms with E-state index in [4.69, 9.17) is 0 Å². The van der Waals surface area contributed by atoms with E-state index in [-0.39, 0.29) is 6.54 Å². The Balaban J connectivity index is 1.82. The van der Waals surface area contributed by atoms with Crippen LogP contribution in [-0.2, 0) is 11.2 Å². The van der Waals surface area contributed by atoms with Crippen LogP contribution in [-0.4, -0.2) is 33.8 Å². The SMILES string of the molecule is CC(C)Cc1nnc(NC(=O)NCC2(C(=O)O)CCC2)s1. The fourth-order valence-electron chi connectivity index (χ4n) is 2.20. The second-order valence-corrected chi connectivity index (χ2v) is 6.91. The molecule has 0 unspecified atom stereocenters. The molecule has 0 spiro atoms. The van der Waals surface area contributed by atoms with Crippen LogP contribution in [0.15, 0.2) is 0 Å². The molecule has 8 heteroatoms. The summed E-state index contributed by atoms with van der Waals surface area (Å²) in [6.45, 7) is 4.32. The topological polar surface area (TPSA) is 104 Å². The molecule has 0 aromatic carbocycles. The first-order chi connectivity index (χ1) is 9.91. The largest absolute Gasteiger partial charge is 0.481 e. The van der Waals surface area contributed by atoms with Crippen molar-refractivity contribution in [3.05, 3.63) is 5.01 Å². The first-order valence-corrected chi connectivity index (χ1v) is 7.83. The van der Waals surface area contributed by atoms with Crippen LogP contribution in [0, 0.1) is 11.3 Å². The van der Waals surface area contributed by atoms with Gasteiger partial charge >= 0.3 is 12.0 Å².